The molecule has 1 aliphatic rings. The molecule has 0 amide bonds. The van der Waals surface area contributed by atoms with E-state index in [-0.39, 0.29) is 12.6 Å². The second kappa shape index (κ2) is 5.11. The van der Waals surface area contributed by atoms with Gasteiger partial charge in [0.25, 0.3) is 0 Å². The zero-order valence-electron chi connectivity index (χ0n) is 11.8. The van der Waals surface area contributed by atoms with Crippen LogP contribution in [-0.4, -0.2) is 27.3 Å². The average Bonchev–Trinajstić information content (AvgIpc) is 2.89. The third-order valence-electron chi connectivity index (χ3n) is 3.55. The number of hydrogen-bond acceptors (Lipinski definition) is 5. The zero-order chi connectivity index (χ0) is 15.1. The molecule has 3 rings (SSSR count). The Labute approximate surface area is 129 Å². The fourth-order valence-electron chi connectivity index (χ4n) is 2.57. The van der Waals surface area contributed by atoms with Gasteiger partial charge in [-0.05, 0) is 28.1 Å². The van der Waals surface area contributed by atoms with Crippen molar-refractivity contribution in [3.63, 3.8) is 0 Å². The van der Waals surface area contributed by atoms with Gasteiger partial charge in [-0.3, -0.25) is 0 Å². The zero-order valence-corrected chi connectivity index (χ0v) is 13.4. The SMILES string of the molecule is COc1cc2c(Br)c3c(c(OC)c2cc1OC)C(=O)OC3. The van der Waals surface area contributed by atoms with Crippen LogP contribution in [0.5, 0.6) is 17.2 Å². The van der Waals surface area contributed by atoms with Gasteiger partial charge in [-0.2, -0.15) is 0 Å². The summed E-state index contributed by atoms with van der Waals surface area (Å²) in [5, 5.41) is 1.64. The first kappa shape index (κ1) is 14.0. The Morgan fingerprint density at radius 2 is 1.67 bits per heavy atom. The molecular formula is C15H13BrO5. The van der Waals surface area contributed by atoms with E-state index in [1.54, 1.807) is 20.3 Å². The Morgan fingerprint density at radius 1 is 1.05 bits per heavy atom. The maximum atomic E-state index is 11.9. The van der Waals surface area contributed by atoms with E-state index in [2.05, 4.69) is 15.9 Å². The van der Waals surface area contributed by atoms with Gasteiger partial charge in [0.1, 0.15) is 17.9 Å². The fraction of sp³-hybridized carbons (Fsp3) is 0.267. The molecule has 0 unspecified atom stereocenters. The van der Waals surface area contributed by atoms with Crippen LogP contribution < -0.4 is 14.2 Å². The van der Waals surface area contributed by atoms with E-state index in [9.17, 15) is 4.79 Å². The third-order valence-corrected chi connectivity index (χ3v) is 4.46. The first-order valence-electron chi connectivity index (χ1n) is 6.23. The molecule has 0 aliphatic carbocycles. The van der Waals surface area contributed by atoms with Crippen molar-refractivity contribution in [3.8, 4) is 17.2 Å². The standard InChI is InChI=1S/C15H13BrO5/c1-18-10-4-7-8(5-11(10)19-2)14(20-3)12-9(13(7)16)6-21-15(12)17/h4-5H,6H2,1-3H3. The van der Waals surface area contributed by atoms with Gasteiger partial charge >= 0.3 is 5.97 Å². The van der Waals surface area contributed by atoms with Crippen molar-refractivity contribution >= 4 is 32.7 Å². The monoisotopic (exact) mass is 352 g/mol. The van der Waals surface area contributed by atoms with Crippen LogP contribution >= 0.6 is 15.9 Å². The van der Waals surface area contributed by atoms with E-state index >= 15 is 0 Å². The van der Waals surface area contributed by atoms with Gasteiger partial charge < -0.3 is 18.9 Å². The van der Waals surface area contributed by atoms with Gasteiger partial charge in [0.2, 0.25) is 0 Å². The van der Waals surface area contributed by atoms with Gasteiger partial charge in [-0.1, -0.05) is 0 Å². The molecule has 0 bridgehead atoms. The maximum Gasteiger partial charge on any atom is 0.342 e. The molecule has 2 aromatic rings. The third kappa shape index (κ3) is 1.93. The van der Waals surface area contributed by atoms with Gasteiger partial charge in [0, 0.05) is 20.8 Å². The molecule has 0 saturated carbocycles. The number of methoxy groups -OCH3 is 3. The van der Waals surface area contributed by atoms with Crippen LogP contribution in [0.4, 0.5) is 0 Å². The Kier molecular flexibility index (Phi) is 3.41. The predicted octanol–water partition coefficient (Wildman–Crippen LogP) is 3.30. The number of halogens is 1. The minimum Gasteiger partial charge on any atom is -0.495 e. The molecule has 1 heterocycles. The first-order chi connectivity index (χ1) is 10.1. The van der Waals surface area contributed by atoms with E-state index in [1.165, 1.54) is 7.11 Å². The van der Waals surface area contributed by atoms with E-state index in [4.69, 9.17) is 18.9 Å². The first-order valence-corrected chi connectivity index (χ1v) is 7.02. The normalized spacial score (nSPS) is 13.0. The Bertz CT molecular complexity index is 754. The predicted molar refractivity (Wildman–Crippen MR) is 80.4 cm³/mol. The number of carbonyl (C=O) groups excluding carboxylic acids is 1. The number of rotatable bonds is 3. The molecule has 5 nitrogen and oxygen atoms in total. The lowest BCUT2D eigenvalue weighted by atomic mass is 10.00. The molecule has 0 N–H and O–H groups in total. The molecule has 2 aromatic carbocycles. The summed E-state index contributed by atoms with van der Waals surface area (Å²) in [5.74, 6) is 1.30. The molecular weight excluding hydrogens is 340 g/mol. The summed E-state index contributed by atoms with van der Waals surface area (Å²) in [4.78, 5) is 11.9. The molecule has 0 saturated heterocycles. The lowest BCUT2D eigenvalue weighted by Gasteiger charge is -2.15. The van der Waals surface area contributed by atoms with E-state index in [1.807, 2.05) is 6.07 Å². The van der Waals surface area contributed by atoms with Gasteiger partial charge in [0.15, 0.2) is 11.5 Å². The van der Waals surface area contributed by atoms with Crippen molar-refractivity contribution in [2.24, 2.45) is 0 Å². The lowest BCUT2D eigenvalue weighted by molar-refractivity contribution is 0.0532. The molecule has 1 aliphatic heterocycles. The quantitative estimate of drug-likeness (QED) is 0.793. The summed E-state index contributed by atoms with van der Waals surface area (Å²) in [6, 6.07) is 3.65. The van der Waals surface area contributed by atoms with Gasteiger partial charge in [-0.15, -0.1) is 0 Å². The highest BCUT2D eigenvalue weighted by Crippen LogP contribution is 2.46. The Hall–Kier alpha value is -1.95. The number of ether oxygens (including phenoxy) is 4. The highest BCUT2D eigenvalue weighted by atomic mass is 79.9. The van der Waals surface area contributed by atoms with Crippen LogP contribution in [0.2, 0.25) is 0 Å². The fourth-order valence-corrected chi connectivity index (χ4v) is 3.21. The van der Waals surface area contributed by atoms with Crippen molar-refractivity contribution < 1.29 is 23.7 Å². The molecule has 110 valence electrons. The topological polar surface area (TPSA) is 54.0 Å². The van der Waals surface area contributed by atoms with Crippen molar-refractivity contribution in [2.45, 2.75) is 6.61 Å². The Balaban J connectivity index is 2.46. The van der Waals surface area contributed by atoms with Crippen LogP contribution in [0.25, 0.3) is 10.8 Å². The molecule has 0 atom stereocenters. The van der Waals surface area contributed by atoms with Crippen molar-refractivity contribution in [1.29, 1.82) is 0 Å². The van der Waals surface area contributed by atoms with E-state index in [0.717, 1.165) is 20.8 Å². The second-order valence-corrected chi connectivity index (χ2v) is 5.32. The average molecular weight is 353 g/mol. The van der Waals surface area contributed by atoms with Crippen LogP contribution in [-0.2, 0) is 11.3 Å². The maximum absolute atomic E-state index is 11.9. The van der Waals surface area contributed by atoms with Crippen LogP contribution in [0.3, 0.4) is 0 Å². The van der Waals surface area contributed by atoms with Crippen LogP contribution in [0.15, 0.2) is 16.6 Å². The summed E-state index contributed by atoms with van der Waals surface area (Å²) in [5.41, 5.74) is 1.25. The van der Waals surface area contributed by atoms with Crippen LogP contribution in [0, 0.1) is 0 Å². The van der Waals surface area contributed by atoms with E-state index in [0.29, 0.717) is 22.8 Å². The van der Waals surface area contributed by atoms with Crippen molar-refractivity contribution in [3.05, 3.63) is 27.7 Å². The smallest absolute Gasteiger partial charge is 0.342 e. The largest absolute Gasteiger partial charge is 0.495 e. The van der Waals surface area contributed by atoms with Crippen LogP contribution in [0.1, 0.15) is 15.9 Å². The Morgan fingerprint density at radius 3 is 2.24 bits per heavy atom. The van der Waals surface area contributed by atoms with Crippen molar-refractivity contribution in [2.75, 3.05) is 21.3 Å². The number of cyclic esters (lactones) is 1. The summed E-state index contributed by atoms with van der Waals surface area (Å²) >= 11 is 3.55. The summed E-state index contributed by atoms with van der Waals surface area (Å²) in [7, 11) is 4.67. The van der Waals surface area contributed by atoms with Gasteiger partial charge in [-0.25, -0.2) is 4.79 Å². The van der Waals surface area contributed by atoms with Gasteiger partial charge in [0.05, 0.1) is 21.3 Å². The number of esters is 1. The molecule has 21 heavy (non-hydrogen) atoms. The molecule has 0 spiro atoms. The summed E-state index contributed by atoms with van der Waals surface area (Å²) in [6.07, 6.45) is 0. The molecule has 0 aromatic heterocycles. The number of benzene rings is 2. The highest BCUT2D eigenvalue weighted by Gasteiger charge is 2.31. The molecule has 0 fully saturated rings. The number of hydrogen-bond donors (Lipinski definition) is 0. The summed E-state index contributed by atoms with van der Waals surface area (Å²) < 4.78 is 22.0. The second-order valence-electron chi connectivity index (χ2n) is 4.53. The highest BCUT2D eigenvalue weighted by molar-refractivity contribution is 9.10. The minimum atomic E-state index is -0.376. The summed E-state index contributed by atoms with van der Waals surface area (Å²) in [6.45, 7) is 0.232. The van der Waals surface area contributed by atoms with E-state index < -0.39 is 0 Å². The number of fused-ring (bicyclic) bond motifs is 2. The molecule has 6 heteroatoms. The minimum absolute atomic E-state index is 0.232. The number of carbonyl (C=O) groups is 1. The molecule has 0 radical (unpaired) electrons. The lowest BCUT2D eigenvalue weighted by Crippen LogP contribution is -2.01. The van der Waals surface area contributed by atoms with Crippen molar-refractivity contribution in [1.82, 2.24) is 0 Å².